The monoisotopic (exact) mass is 691 g/mol. The molecule has 0 N–H and O–H groups in total. The molecule has 0 aliphatic carbocycles. The van der Waals surface area contributed by atoms with Gasteiger partial charge in [-0.25, -0.2) is 0 Å². The minimum Gasteiger partial charge on any atom is -0.413 e. The summed E-state index contributed by atoms with van der Waals surface area (Å²) >= 11 is 0. The standard InChI is InChI=1S/C34H24N5O6P3/c1-5-17-31-27(13-1)28-14-2-6-18-32(28)43-47(42-31)37-46(40-25-11-9-21-35-23-25,41-26-12-10-22-36-24-26)38-48(39-47)44-33-19-7-3-15-29(33)30-16-4-8-20-34(30)45-48/h1-24H. The van der Waals surface area contributed by atoms with E-state index in [4.69, 9.17) is 40.7 Å². The van der Waals surface area contributed by atoms with E-state index in [0.29, 0.717) is 34.5 Å². The second kappa shape index (κ2) is 11.4. The van der Waals surface area contributed by atoms with Gasteiger partial charge in [-0.1, -0.05) is 86.3 Å². The zero-order valence-corrected chi connectivity index (χ0v) is 27.6. The van der Waals surface area contributed by atoms with Gasteiger partial charge >= 0.3 is 23.0 Å². The molecule has 9 rings (SSSR count). The van der Waals surface area contributed by atoms with E-state index in [2.05, 4.69) is 9.97 Å². The summed E-state index contributed by atoms with van der Waals surface area (Å²) in [6.07, 6.45) is 6.40. The molecule has 0 fully saturated rings. The highest BCUT2D eigenvalue weighted by Gasteiger charge is 2.50. The molecule has 0 unspecified atom stereocenters. The molecule has 236 valence electrons. The van der Waals surface area contributed by atoms with Crippen molar-refractivity contribution < 1.29 is 27.1 Å². The first-order valence-electron chi connectivity index (χ1n) is 14.9. The highest BCUT2D eigenvalue weighted by Crippen LogP contribution is 2.80. The number of pyridine rings is 2. The number of aromatic nitrogens is 2. The van der Waals surface area contributed by atoms with E-state index in [1.165, 1.54) is 0 Å². The zero-order valence-electron chi connectivity index (χ0n) is 24.9. The number of para-hydroxylation sites is 4. The van der Waals surface area contributed by atoms with E-state index in [9.17, 15) is 0 Å². The third kappa shape index (κ3) is 5.23. The van der Waals surface area contributed by atoms with Crippen LogP contribution in [0.5, 0.6) is 34.5 Å². The maximum atomic E-state index is 6.84. The van der Waals surface area contributed by atoms with Gasteiger partial charge in [0.15, 0.2) is 0 Å². The minimum absolute atomic E-state index is 0.353. The molecule has 3 aliphatic heterocycles. The summed E-state index contributed by atoms with van der Waals surface area (Å²) in [5, 5.41) is 0. The predicted molar refractivity (Wildman–Crippen MR) is 184 cm³/mol. The molecule has 0 saturated carbocycles. The van der Waals surface area contributed by atoms with Crippen molar-refractivity contribution in [3.05, 3.63) is 146 Å². The molecule has 2 spiro atoms. The van der Waals surface area contributed by atoms with Crippen LogP contribution in [0.4, 0.5) is 0 Å². The van der Waals surface area contributed by atoms with Crippen molar-refractivity contribution in [2.45, 2.75) is 0 Å². The lowest BCUT2D eigenvalue weighted by Gasteiger charge is -2.32. The molecular weight excluding hydrogens is 667 g/mol. The second-order valence-electron chi connectivity index (χ2n) is 10.6. The average Bonchev–Trinajstić information content (AvgIpc) is 3.31. The van der Waals surface area contributed by atoms with E-state index < -0.39 is 23.0 Å². The maximum Gasteiger partial charge on any atom is 0.460 e. The largest absolute Gasteiger partial charge is 0.460 e. The van der Waals surface area contributed by atoms with Crippen molar-refractivity contribution in [3.63, 3.8) is 0 Å². The van der Waals surface area contributed by atoms with Gasteiger partial charge in [0.2, 0.25) is 0 Å². The Balaban J connectivity index is 1.38. The number of nitrogens with zero attached hydrogens (tertiary/aromatic N) is 5. The lowest BCUT2D eigenvalue weighted by atomic mass is 10.0. The van der Waals surface area contributed by atoms with Crippen LogP contribution in [0.3, 0.4) is 0 Å². The van der Waals surface area contributed by atoms with Gasteiger partial charge in [0.05, 0.1) is 12.4 Å². The van der Waals surface area contributed by atoms with Crippen molar-refractivity contribution >= 4 is 23.0 Å². The third-order valence-electron chi connectivity index (χ3n) is 7.39. The molecular formula is C34H24N5O6P3. The van der Waals surface area contributed by atoms with E-state index >= 15 is 0 Å². The van der Waals surface area contributed by atoms with Gasteiger partial charge < -0.3 is 27.1 Å². The number of hydrogen-bond donors (Lipinski definition) is 0. The second-order valence-corrected chi connectivity index (χ2v) is 16.8. The maximum absolute atomic E-state index is 6.84. The first-order valence-corrected chi connectivity index (χ1v) is 19.4. The van der Waals surface area contributed by atoms with Crippen LogP contribution < -0.4 is 27.1 Å². The summed E-state index contributed by atoms with van der Waals surface area (Å²) < 4.78 is 56.2. The Morgan fingerprint density at radius 3 is 1.15 bits per heavy atom. The molecule has 11 nitrogen and oxygen atoms in total. The van der Waals surface area contributed by atoms with Crippen molar-refractivity contribution in [2.24, 2.45) is 13.5 Å². The summed E-state index contributed by atoms with van der Waals surface area (Å²) in [5.41, 5.74) is 3.26. The Morgan fingerprint density at radius 2 is 0.771 bits per heavy atom. The van der Waals surface area contributed by atoms with Gasteiger partial charge in [-0.3, -0.25) is 9.97 Å². The van der Waals surface area contributed by atoms with Crippen molar-refractivity contribution in [1.29, 1.82) is 0 Å². The molecule has 5 heterocycles. The summed E-state index contributed by atoms with van der Waals surface area (Å²) in [4.78, 5) is 8.51. The number of benzene rings is 4. The average molecular weight is 692 g/mol. The molecule has 14 heteroatoms. The molecule has 0 bridgehead atoms. The number of hydrogen-bond acceptors (Lipinski definition) is 11. The number of fused-ring (bicyclic) bond motifs is 6. The van der Waals surface area contributed by atoms with Gasteiger partial charge in [-0.05, 0) is 48.5 Å². The normalized spacial score (nSPS) is 16.8. The highest BCUT2D eigenvalue weighted by molar-refractivity contribution is 7.79. The van der Waals surface area contributed by atoms with Crippen molar-refractivity contribution in [1.82, 2.24) is 9.97 Å². The van der Waals surface area contributed by atoms with Crippen molar-refractivity contribution in [2.75, 3.05) is 0 Å². The van der Waals surface area contributed by atoms with E-state index in [1.807, 2.05) is 97.1 Å². The molecule has 0 amide bonds. The SMILES string of the molecule is c1cncc(OP2(Oc3cccnc3)=NP3(=NP4(=N2)Oc2ccccc2-c2ccccc2O4)Oc2ccccc2-c2ccccc2O3)c1. The fraction of sp³-hybridized carbons (Fsp3) is 0. The zero-order chi connectivity index (χ0) is 32.0. The number of rotatable bonds is 4. The van der Waals surface area contributed by atoms with Crippen LogP contribution in [0, 0.1) is 0 Å². The highest BCUT2D eigenvalue weighted by atomic mass is 31.3. The Morgan fingerprint density at radius 1 is 0.396 bits per heavy atom. The first kappa shape index (κ1) is 28.9. The van der Waals surface area contributed by atoms with Crippen LogP contribution in [0.25, 0.3) is 22.3 Å². The Hall–Kier alpha value is -5.33. The summed E-state index contributed by atoms with van der Waals surface area (Å²) in [7, 11) is -11.6. The first-order chi connectivity index (χ1) is 23.6. The van der Waals surface area contributed by atoms with E-state index in [-0.39, 0.29) is 0 Å². The van der Waals surface area contributed by atoms with Crippen LogP contribution in [0.1, 0.15) is 0 Å². The van der Waals surface area contributed by atoms with Crippen LogP contribution >= 0.6 is 23.0 Å². The van der Waals surface area contributed by atoms with Crippen molar-refractivity contribution in [3.8, 4) is 56.8 Å². The van der Waals surface area contributed by atoms with E-state index in [0.717, 1.165) is 22.3 Å². The van der Waals surface area contributed by atoms with Crippen LogP contribution in [0.15, 0.2) is 160 Å². The lowest BCUT2D eigenvalue weighted by Crippen LogP contribution is -2.10. The van der Waals surface area contributed by atoms with Gasteiger partial charge in [0.25, 0.3) is 0 Å². The molecule has 0 radical (unpaired) electrons. The lowest BCUT2D eigenvalue weighted by molar-refractivity contribution is 0.447. The van der Waals surface area contributed by atoms with Gasteiger partial charge in [-0.15, -0.1) is 0 Å². The minimum atomic E-state index is -3.91. The molecule has 4 aromatic carbocycles. The predicted octanol–water partition coefficient (Wildman–Crippen LogP) is 11.1. The van der Waals surface area contributed by atoms with E-state index in [1.54, 1.807) is 49.1 Å². The molecule has 0 atom stereocenters. The summed E-state index contributed by atoms with van der Waals surface area (Å²) in [6.45, 7) is 0. The van der Waals surface area contributed by atoms with Crippen LogP contribution in [0.2, 0.25) is 0 Å². The third-order valence-corrected chi connectivity index (χ3v) is 15.5. The Kier molecular flexibility index (Phi) is 6.87. The fourth-order valence-corrected chi connectivity index (χ4v) is 14.5. The Bertz CT molecular complexity index is 2080. The molecule has 48 heavy (non-hydrogen) atoms. The summed E-state index contributed by atoms with van der Waals surface area (Å²) in [6, 6.07) is 37.5. The smallest absolute Gasteiger partial charge is 0.413 e. The molecule has 3 aliphatic rings. The van der Waals surface area contributed by atoms with Crippen LogP contribution in [-0.2, 0) is 0 Å². The fourth-order valence-electron chi connectivity index (χ4n) is 5.42. The van der Waals surface area contributed by atoms with Gasteiger partial charge in [0, 0.05) is 34.6 Å². The quantitative estimate of drug-likeness (QED) is 0.168. The molecule has 0 saturated heterocycles. The topological polar surface area (TPSA) is 118 Å². The van der Waals surface area contributed by atoms with Gasteiger partial charge in [0.1, 0.15) is 34.5 Å². The molecule has 2 aromatic heterocycles. The molecule has 6 aromatic rings. The summed E-state index contributed by atoms with van der Waals surface area (Å²) in [5.74, 6) is 2.76. The van der Waals surface area contributed by atoms with Crippen LogP contribution in [-0.4, -0.2) is 9.97 Å². The Labute approximate surface area is 275 Å². The van der Waals surface area contributed by atoms with Gasteiger partial charge in [-0.2, -0.15) is 0 Å².